The van der Waals surface area contributed by atoms with Crippen LogP contribution in [0.25, 0.3) is 0 Å². The summed E-state index contributed by atoms with van der Waals surface area (Å²) in [6.45, 7) is 2.78. The van der Waals surface area contributed by atoms with Crippen LogP contribution in [-0.4, -0.2) is 17.4 Å². The van der Waals surface area contributed by atoms with E-state index in [1.165, 1.54) is 11.3 Å². The Morgan fingerprint density at radius 1 is 1.48 bits per heavy atom. The summed E-state index contributed by atoms with van der Waals surface area (Å²) in [6.07, 6.45) is 2.63. The van der Waals surface area contributed by atoms with E-state index in [4.69, 9.17) is 5.73 Å². The molecule has 2 aromatic heterocycles. The first-order chi connectivity index (χ1) is 10.3. The number of thiophene rings is 1. The van der Waals surface area contributed by atoms with Gasteiger partial charge in [-0.25, -0.2) is 0 Å². The second kappa shape index (κ2) is 7.58. The number of aryl methyl sites for hydroxylation is 1. The fraction of sp³-hybridized carbons (Fsp3) is 0.250. The minimum atomic E-state index is -0.126. The number of aromatic nitrogens is 1. The Balaban J connectivity index is 2.07. The second-order valence-corrected chi connectivity index (χ2v) is 5.23. The molecule has 2 heterocycles. The topological polar surface area (TPSA) is 68.0 Å². The highest BCUT2D eigenvalue weighted by atomic mass is 32.1. The van der Waals surface area contributed by atoms with Crippen molar-refractivity contribution in [2.45, 2.75) is 19.9 Å². The highest BCUT2D eigenvalue weighted by Gasteiger charge is 2.12. The molecule has 0 unspecified atom stereocenters. The molecule has 5 heteroatoms. The van der Waals surface area contributed by atoms with Crippen molar-refractivity contribution >= 4 is 17.2 Å². The smallest absolute Gasteiger partial charge is 0.262 e. The Morgan fingerprint density at radius 2 is 2.33 bits per heavy atom. The van der Waals surface area contributed by atoms with Gasteiger partial charge < -0.3 is 11.1 Å². The largest absolute Gasteiger partial charge is 0.346 e. The van der Waals surface area contributed by atoms with E-state index in [9.17, 15) is 4.79 Å². The van der Waals surface area contributed by atoms with Gasteiger partial charge in [-0.15, -0.1) is 11.3 Å². The van der Waals surface area contributed by atoms with Crippen LogP contribution in [0, 0.1) is 11.8 Å². The summed E-state index contributed by atoms with van der Waals surface area (Å²) in [5.41, 5.74) is 8.13. The van der Waals surface area contributed by atoms with Crippen LogP contribution in [0.15, 0.2) is 29.8 Å². The zero-order valence-corrected chi connectivity index (χ0v) is 12.7. The number of carbonyl (C=O) groups excluding carboxylic acids is 1. The Hall–Kier alpha value is -2.16. The Morgan fingerprint density at radius 3 is 3.10 bits per heavy atom. The second-order valence-electron chi connectivity index (χ2n) is 4.31. The van der Waals surface area contributed by atoms with E-state index in [-0.39, 0.29) is 12.5 Å². The van der Waals surface area contributed by atoms with Crippen LogP contribution in [0.4, 0.5) is 0 Å². The van der Waals surface area contributed by atoms with E-state index < -0.39 is 0 Å². The van der Waals surface area contributed by atoms with E-state index in [1.807, 2.05) is 23.6 Å². The Labute approximate surface area is 128 Å². The van der Waals surface area contributed by atoms with Gasteiger partial charge in [-0.2, -0.15) is 0 Å². The van der Waals surface area contributed by atoms with Gasteiger partial charge in [0.15, 0.2) is 0 Å². The fourth-order valence-corrected chi connectivity index (χ4v) is 2.69. The third-order valence-corrected chi connectivity index (χ3v) is 3.89. The molecule has 0 radical (unpaired) electrons. The summed E-state index contributed by atoms with van der Waals surface area (Å²) in [6, 6.07) is 5.77. The quantitative estimate of drug-likeness (QED) is 0.848. The molecule has 0 saturated heterocycles. The molecule has 0 spiro atoms. The number of hydrogen-bond acceptors (Lipinski definition) is 4. The summed E-state index contributed by atoms with van der Waals surface area (Å²) in [7, 11) is 0. The first-order valence-corrected chi connectivity index (χ1v) is 7.61. The zero-order valence-electron chi connectivity index (χ0n) is 11.8. The molecule has 0 bridgehead atoms. The lowest BCUT2D eigenvalue weighted by Crippen LogP contribution is -2.23. The molecule has 0 atom stereocenters. The predicted molar refractivity (Wildman–Crippen MR) is 85.0 cm³/mol. The number of rotatable bonds is 4. The normalized spacial score (nSPS) is 9.81. The molecular weight excluding hydrogens is 282 g/mol. The van der Waals surface area contributed by atoms with Crippen LogP contribution < -0.4 is 11.1 Å². The SMILES string of the molecule is CCc1cccnc1CNC(=O)c1sccc1C#CCN. The molecule has 0 aliphatic carbocycles. The van der Waals surface area contributed by atoms with Gasteiger partial charge in [-0.1, -0.05) is 24.8 Å². The molecule has 0 aliphatic rings. The van der Waals surface area contributed by atoms with Gasteiger partial charge >= 0.3 is 0 Å². The first kappa shape index (κ1) is 15.2. The third kappa shape index (κ3) is 3.91. The number of carbonyl (C=O) groups is 1. The monoisotopic (exact) mass is 299 g/mol. The number of nitrogens with zero attached hydrogens (tertiary/aromatic N) is 1. The van der Waals surface area contributed by atoms with Gasteiger partial charge in [0.2, 0.25) is 0 Å². The van der Waals surface area contributed by atoms with Gasteiger partial charge in [0.1, 0.15) is 4.88 Å². The van der Waals surface area contributed by atoms with E-state index in [0.29, 0.717) is 11.4 Å². The molecule has 0 aromatic carbocycles. The molecule has 2 aromatic rings. The average molecular weight is 299 g/mol. The highest BCUT2D eigenvalue weighted by Crippen LogP contribution is 2.16. The Kier molecular flexibility index (Phi) is 5.50. The lowest BCUT2D eigenvalue weighted by Gasteiger charge is -2.07. The standard InChI is InChI=1S/C16H17N3OS/c1-2-12-6-4-9-18-14(12)11-19-16(20)15-13(5-3-8-17)7-10-21-15/h4,6-7,9-10H,2,8,11,17H2,1H3,(H,19,20). The molecule has 3 N–H and O–H groups in total. The highest BCUT2D eigenvalue weighted by molar-refractivity contribution is 7.12. The average Bonchev–Trinajstić information content (AvgIpc) is 2.99. The number of nitrogens with two attached hydrogens (primary N) is 1. The van der Waals surface area contributed by atoms with Gasteiger partial charge in [0, 0.05) is 11.8 Å². The van der Waals surface area contributed by atoms with E-state index in [2.05, 4.69) is 29.1 Å². The summed E-state index contributed by atoms with van der Waals surface area (Å²) < 4.78 is 0. The number of pyridine rings is 1. The van der Waals surface area contributed by atoms with E-state index in [1.54, 1.807) is 6.20 Å². The molecule has 21 heavy (non-hydrogen) atoms. The van der Waals surface area contributed by atoms with Crippen LogP contribution in [0.1, 0.15) is 33.4 Å². The summed E-state index contributed by atoms with van der Waals surface area (Å²) in [5.74, 6) is 5.56. The van der Waals surface area contributed by atoms with Crippen molar-refractivity contribution < 1.29 is 4.79 Å². The fourth-order valence-electron chi connectivity index (χ4n) is 1.93. The predicted octanol–water partition coefficient (Wildman–Crippen LogP) is 1.95. The zero-order chi connectivity index (χ0) is 15.1. The van der Waals surface area contributed by atoms with Crippen molar-refractivity contribution in [3.63, 3.8) is 0 Å². The van der Waals surface area contributed by atoms with Crippen LogP contribution >= 0.6 is 11.3 Å². The summed E-state index contributed by atoms with van der Waals surface area (Å²) in [5, 5.41) is 4.76. The molecule has 4 nitrogen and oxygen atoms in total. The molecule has 0 fully saturated rings. The lowest BCUT2D eigenvalue weighted by molar-refractivity contribution is 0.0954. The van der Waals surface area contributed by atoms with Crippen LogP contribution in [-0.2, 0) is 13.0 Å². The third-order valence-electron chi connectivity index (χ3n) is 2.98. The minimum Gasteiger partial charge on any atom is -0.346 e. The molecule has 1 amide bonds. The number of hydrogen-bond donors (Lipinski definition) is 2. The maximum absolute atomic E-state index is 12.2. The molecule has 0 saturated carbocycles. The maximum Gasteiger partial charge on any atom is 0.262 e. The van der Waals surface area contributed by atoms with Gasteiger partial charge in [-0.3, -0.25) is 9.78 Å². The van der Waals surface area contributed by atoms with Crippen LogP contribution in [0.2, 0.25) is 0 Å². The van der Waals surface area contributed by atoms with Crippen molar-refractivity contribution in [3.8, 4) is 11.8 Å². The summed E-state index contributed by atoms with van der Waals surface area (Å²) in [4.78, 5) is 17.2. The molecule has 0 aliphatic heterocycles. The Bertz CT molecular complexity index is 682. The van der Waals surface area contributed by atoms with Crippen molar-refractivity contribution in [3.05, 3.63) is 51.5 Å². The lowest BCUT2D eigenvalue weighted by atomic mass is 10.1. The van der Waals surface area contributed by atoms with Gasteiger partial charge in [-0.05, 0) is 29.5 Å². The van der Waals surface area contributed by atoms with Crippen molar-refractivity contribution in [2.24, 2.45) is 5.73 Å². The summed E-state index contributed by atoms with van der Waals surface area (Å²) >= 11 is 1.38. The molecule has 2 rings (SSSR count). The van der Waals surface area contributed by atoms with Crippen molar-refractivity contribution in [1.82, 2.24) is 10.3 Å². The van der Waals surface area contributed by atoms with E-state index >= 15 is 0 Å². The van der Waals surface area contributed by atoms with Crippen LogP contribution in [0.5, 0.6) is 0 Å². The van der Waals surface area contributed by atoms with Gasteiger partial charge in [0.25, 0.3) is 5.91 Å². The number of nitrogens with one attached hydrogen (secondary N) is 1. The van der Waals surface area contributed by atoms with Crippen molar-refractivity contribution in [1.29, 1.82) is 0 Å². The number of amides is 1. The van der Waals surface area contributed by atoms with Crippen LogP contribution in [0.3, 0.4) is 0 Å². The maximum atomic E-state index is 12.2. The first-order valence-electron chi connectivity index (χ1n) is 6.73. The van der Waals surface area contributed by atoms with E-state index in [0.717, 1.165) is 23.2 Å². The molecule has 108 valence electrons. The van der Waals surface area contributed by atoms with Gasteiger partial charge in [0.05, 0.1) is 18.8 Å². The molecular formula is C16H17N3OS. The van der Waals surface area contributed by atoms with Crippen molar-refractivity contribution in [2.75, 3.05) is 6.54 Å². The minimum absolute atomic E-state index is 0.126.